The normalized spacial score (nSPS) is 10.9. The molecule has 0 aliphatic rings. The van der Waals surface area contributed by atoms with Crippen LogP contribution in [-0.4, -0.2) is 19.6 Å². The number of aromatic nitrogens is 4. The highest BCUT2D eigenvalue weighted by molar-refractivity contribution is 6.41. The molecule has 0 saturated heterocycles. The van der Waals surface area contributed by atoms with Crippen molar-refractivity contribution in [2.45, 2.75) is 13.5 Å². The van der Waals surface area contributed by atoms with E-state index >= 15 is 0 Å². The average molecular weight is 308 g/mol. The molecule has 0 aliphatic heterocycles. The number of halogens is 3. The molecule has 2 heterocycles. The molecule has 5 nitrogen and oxygen atoms in total. The van der Waals surface area contributed by atoms with Crippen molar-refractivity contribution < 1.29 is 0 Å². The monoisotopic (exact) mass is 306 g/mol. The smallest absolute Gasteiger partial charge is 0.269 e. The molecule has 0 spiro atoms. The molecule has 0 aromatic carbocycles. The zero-order chi connectivity index (χ0) is 13.4. The molecular formula is C10H9Cl3N4O. The van der Waals surface area contributed by atoms with Crippen molar-refractivity contribution >= 4 is 34.8 Å². The van der Waals surface area contributed by atoms with E-state index in [1.807, 2.05) is 0 Å². The number of rotatable bonds is 2. The highest BCUT2D eigenvalue weighted by Crippen LogP contribution is 2.20. The van der Waals surface area contributed by atoms with Gasteiger partial charge in [0.05, 0.1) is 34.2 Å². The van der Waals surface area contributed by atoms with Crippen LogP contribution < -0.4 is 5.56 Å². The van der Waals surface area contributed by atoms with Gasteiger partial charge in [0.2, 0.25) is 0 Å². The van der Waals surface area contributed by atoms with Crippen molar-refractivity contribution in [2.24, 2.45) is 7.05 Å². The van der Waals surface area contributed by atoms with E-state index in [4.69, 9.17) is 34.8 Å². The Morgan fingerprint density at radius 1 is 1.28 bits per heavy atom. The van der Waals surface area contributed by atoms with Gasteiger partial charge in [-0.1, -0.05) is 34.8 Å². The van der Waals surface area contributed by atoms with Crippen molar-refractivity contribution in [3.05, 3.63) is 43.0 Å². The van der Waals surface area contributed by atoms with E-state index in [9.17, 15) is 4.79 Å². The quantitative estimate of drug-likeness (QED) is 0.855. The summed E-state index contributed by atoms with van der Waals surface area (Å²) in [6.45, 7) is 1.97. The van der Waals surface area contributed by atoms with Gasteiger partial charge in [0.15, 0.2) is 0 Å². The molecule has 2 aromatic heterocycles. The van der Waals surface area contributed by atoms with Crippen LogP contribution in [0, 0.1) is 6.92 Å². The van der Waals surface area contributed by atoms with Crippen LogP contribution in [0.5, 0.6) is 0 Å². The number of hydrogen-bond donors (Lipinski definition) is 0. The summed E-state index contributed by atoms with van der Waals surface area (Å²) in [4.78, 5) is 11.8. The van der Waals surface area contributed by atoms with E-state index in [-0.39, 0.29) is 16.6 Å². The molecule has 0 amide bonds. The van der Waals surface area contributed by atoms with Gasteiger partial charge in [-0.05, 0) is 6.92 Å². The molecule has 0 atom stereocenters. The van der Waals surface area contributed by atoms with Crippen LogP contribution in [0.4, 0.5) is 0 Å². The highest BCUT2D eigenvalue weighted by atomic mass is 35.5. The van der Waals surface area contributed by atoms with Crippen LogP contribution in [0.15, 0.2) is 11.0 Å². The Kier molecular flexibility index (Phi) is 3.66. The zero-order valence-corrected chi connectivity index (χ0v) is 11.9. The van der Waals surface area contributed by atoms with Gasteiger partial charge < -0.3 is 0 Å². The van der Waals surface area contributed by atoms with Crippen LogP contribution in [0.3, 0.4) is 0 Å². The molecule has 96 valence electrons. The fraction of sp³-hybridized carbons (Fsp3) is 0.300. The lowest BCUT2D eigenvalue weighted by atomic mass is 10.3. The van der Waals surface area contributed by atoms with E-state index in [1.165, 1.54) is 10.9 Å². The molecule has 0 fully saturated rings. The molecular weight excluding hydrogens is 298 g/mol. The van der Waals surface area contributed by atoms with Crippen molar-refractivity contribution in [1.29, 1.82) is 0 Å². The van der Waals surface area contributed by atoms with E-state index < -0.39 is 5.56 Å². The Morgan fingerprint density at radius 2 is 1.94 bits per heavy atom. The summed E-state index contributed by atoms with van der Waals surface area (Å²) in [6.07, 6.45) is 1.32. The lowest BCUT2D eigenvalue weighted by molar-refractivity contribution is 0.591. The van der Waals surface area contributed by atoms with E-state index in [0.717, 1.165) is 0 Å². The summed E-state index contributed by atoms with van der Waals surface area (Å²) in [6, 6.07) is 0. The lowest BCUT2D eigenvalue weighted by Crippen LogP contribution is -2.24. The van der Waals surface area contributed by atoms with Crippen molar-refractivity contribution in [1.82, 2.24) is 19.6 Å². The molecule has 2 aromatic rings. The minimum Gasteiger partial charge on any atom is -0.269 e. The van der Waals surface area contributed by atoms with Crippen LogP contribution in [0.2, 0.25) is 15.1 Å². The summed E-state index contributed by atoms with van der Waals surface area (Å²) in [5.74, 6) is 0. The Bertz CT molecular complexity index is 662. The van der Waals surface area contributed by atoms with Crippen LogP contribution >= 0.6 is 34.8 Å². The van der Waals surface area contributed by atoms with Crippen molar-refractivity contribution in [3.63, 3.8) is 0 Å². The Labute approximate surface area is 118 Å². The maximum atomic E-state index is 11.8. The third-order valence-corrected chi connectivity index (χ3v) is 3.74. The first-order valence-corrected chi connectivity index (χ1v) is 6.14. The summed E-state index contributed by atoms with van der Waals surface area (Å²) in [7, 11) is 1.75. The SMILES string of the molecule is Cc1nn(C)c(Cn2ncc(Cl)c(Cl)c2=O)c1Cl. The molecule has 0 N–H and O–H groups in total. The second-order valence-electron chi connectivity index (χ2n) is 3.74. The molecule has 18 heavy (non-hydrogen) atoms. The maximum Gasteiger partial charge on any atom is 0.287 e. The van der Waals surface area contributed by atoms with E-state index in [1.54, 1.807) is 18.7 Å². The number of aryl methyl sites for hydroxylation is 2. The van der Waals surface area contributed by atoms with E-state index in [0.29, 0.717) is 16.4 Å². The average Bonchev–Trinajstić information content (AvgIpc) is 2.56. The molecule has 0 radical (unpaired) electrons. The van der Waals surface area contributed by atoms with Gasteiger partial charge in [-0.15, -0.1) is 0 Å². The van der Waals surface area contributed by atoms with Gasteiger partial charge in [0.25, 0.3) is 5.56 Å². The van der Waals surface area contributed by atoms with Gasteiger partial charge in [0.1, 0.15) is 5.02 Å². The molecule has 8 heteroatoms. The lowest BCUT2D eigenvalue weighted by Gasteiger charge is -2.06. The first-order chi connectivity index (χ1) is 8.41. The standard InChI is InChI=1S/C10H9Cl3N4O/c1-5-8(12)7(16(2)15-5)4-17-10(18)9(13)6(11)3-14-17/h3H,4H2,1-2H3. The second kappa shape index (κ2) is 4.91. The molecule has 0 saturated carbocycles. The van der Waals surface area contributed by atoms with Crippen molar-refractivity contribution in [2.75, 3.05) is 0 Å². The third-order valence-electron chi connectivity index (χ3n) is 2.50. The van der Waals surface area contributed by atoms with Crippen molar-refractivity contribution in [3.8, 4) is 0 Å². The van der Waals surface area contributed by atoms with Gasteiger partial charge in [-0.2, -0.15) is 10.2 Å². The maximum absolute atomic E-state index is 11.8. The van der Waals surface area contributed by atoms with Crippen LogP contribution in [-0.2, 0) is 13.6 Å². The van der Waals surface area contributed by atoms with Crippen LogP contribution in [0.25, 0.3) is 0 Å². The fourth-order valence-corrected chi connectivity index (χ4v) is 2.04. The second-order valence-corrected chi connectivity index (χ2v) is 4.90. The zero-order valence-electron chi connectivity index (χ0n) is 9.62. The number of nitrogens with zero attached hydrogens (tertiary/aromatic N) is 4. The molecule has 0 unspecified atom stereocenters. The number of hydrogen-bond acceptors (Lipinski definition) is 3. The predicted molar refractivity (Wildman–Crippen MR) is 70.6 cm³/mol. The van der Waals surface area contributed by atoms with Gasteiger partial charge in [-0.3, -0.25) is 9.48 Å². The predicted octanol–water partition coefficient (Wildman–Crippen LogP) is 2.29. The summed E-state index contributed by atoms with van der Waals surface area (Å²) < 4.78 is 2.80. The summed E-state index contributed by atoms with van der Waals surface area (Å²) in [5, 5.41) is 8.66. The Hall–Kier alpha value is -1.04. The highest BCUT2D eigenvalue weighted by Gasteiger charge is 2.14. The molecule has 0 bridgehead atoms. The van der Waals surface area contributed by atoms with Gasteiger partial charge >= 0.3 is 0 Å². The van der Waals surface area contributed by atoms with E-state index in [2.05, 4.69) is 10.2 Å². The third kappa shape index (κ3) is 2.25. The molecule has 2 rings (SSSR count). The van der Waals surface area contributed by atoms with Gasteiger partial charge in [-0.25, -0.2) is 4.68 Å². The largest absolute Gasteiger partial charge is 0.287 e. The topological polar surface area (TPSA) is 52.7 Å². The minimum absolute atomic E-state index is 0.0540. The molecule has 0 aliphatic carbocycles. The first kappa shape index (κ1) is 13.4. The Balaban J connectivity index is 2.47. The minimum atomic E-state index is -0.459. The fourth-order valence-electron chi connectivity index (χ4n) is 1.55. The summed E-state index contributed by atoms with van der Waals surface area (Å²) in [5.41, 5.74) is 0.920. The van der Waals surface area contributed by atoms with Crippen LogP contribution in [0.1, 0.15) is 11.4 Å². The Morgan fingerprint density at radius 3 is 2.50 bits per heavy atom. The van der Waals surface area contributed by atoms with Gasteiger partial charge in [0, 0.05) is 7.05 Å². The first-order valence-electron chi connectivity index (χ1n) is 5.01. The summed E-state index contributed by atoms with van der Waals surface area (Å²) >= 11 is 17.6.